The van der Waals surface area contributed by atoms with Crippen LogP contribution in [0, 0.1) is 16.7 Å². The number of carbonyl (C=O) groups excluding carboxylic acids is 1. The largest absolute Gasteiger partial charge is 0.493 e. The second-order valence-corrected chi connectivity index (χ2v) is 14.5. The summed E-state index contributed by atoms with van der Waals surface area (Å²) >= 11 is 0. The maximum Gasteiger partial charge on any atom is 0.376 e. The first-order valence-corrected chi connectivity index (χ1v) is 15.5. The van der Waals surface area contributed by atoms with Crippen LogP contribution in [0.25, 0.3) is 0 Å². The van der Waals surface area contributed by atoms with Crippen LogP contribution < -0.4 is 4.74 Å². The van der Waals surface area contributed by atoms with Gasteiger partial charge in [0.05, 0.1) is 12.6 Å². The molecule has 224 valence electrons. The van der Waals surface area contributed by atoms with Gasteiger partial charge >= 0.3 is 7.05 Å². The lowest BCUT2D eigenvalue weighted by molar-refractivity contribution is -0.141. The fourth-order valence-corrected chi connectivity index (χ4v) is 6.27. The van der Waals surface area contributed by atoms with Gasteiger partial charge in [0, 0.05) is 32.1 Å². The van der Waals surface area contributed by atoms with E-state index in [-0.39, 0.29) is 28.8 Å². The molecule has 1 unspecified atom stereocenters. The van der Waals surface area contributed by atoms with Gasteiger partial charge in [0.1, 0.15) is 5.75 Å². The van der Waals surface area contributed by atoms with Gasteiger partial charge in [-0.3, -0.25) is 9.69 Å². The molecule has 4 rings (SSSR count). The van der Waals surface area contributed by atoms with Crippen LogP contribution in [-0.2, 0) is 4.79 Å². The van der Waals surface area contributed by atoms with Crippen molar-refractivity contribution in [1.29, 1.82) is 0 Å². The molecule has 0 aromatic heterocycles. The van der Waals surface area contributed by atoms with Crippen molar-refractivity contribution in [1.82, 2.24) is 14.6 Å². The summed E-state index contributed by atoms with van der Waals surface area (Å²) in [5, 5.41) is 9.91. The molecule has 0 radical (unpaired) electrons. The summed E-state index contributed by atoms with van der Waals surface area (Å²) in [6.45, 7) is 20.0. The number of hydrogen-bond donors (Lipinski definition) is 1. The van der Waals surface area contributed by atoms with E-state index in [1.807, 2.05) is 6.82 Å². The molecule has 2 aliphatic rings. The van der Waals surface area contributed by atoms with Crippen LogP contribution in [0.5, 0.6) is 5.75 Å². The Balaban J connectivity index is 1.51. The highest BCUT2D eigenvalue weighted by Crippen LogP contribution is 2.36. The van der Waals surface area contributed by atoms with Gasteiger partial charge in [-0.1, -0.05) is 84.0 Å². The molecular formula is C34H52BN3O3. The molecule has 2 fully saturated rings. The number of carbonyl (C=O) groups is 1. The zero-order chi connectivity index (χ0) is 29.8. The van der Waals surface area contributed by atoms with Crippen molar-refractivity contribution in [2.24, 2.45) is 16.7 Å². The molecule has 2 aliphatic heterocycles. The lowest BCUT2D eigenvalue weighted by atomic mass is 9.80. The van der Waals surface area contributed by atoms with Crippen LogP contribution in [0.4, 0.5) is 0 Å². The highest BCUT2D eigenvalue weighted by molar-refractivity contribution is 6.45. The van der Waals surface area contributed by atoms with E-state index < -0.39 is 7.05 Å². The summed E-state index contributed by atoms with van der Waals surface area (Å²) in [5.41, 5.74) is 2.58. The minimum absolute atomic E-state index is 0.0457. The maximum absolute atomic E-state index is 13.8. The Morgan fingerprint density at radius 3 is 2.10 bits per heavy atom. The van der Waals surface area contributed by atoms with E-state index in [4.69, 9.17) is 4.74 Å². The molecule has 41 heavy (non-hydrogen) atoms. The smallest absolute Gasteiger partial charge is 0.376 e. The number of amides is 1. The Hall–Kier alpha value is -2.35. The summed E-state index contributed by atoms with van der Waals surface area (Å²) in [5.74, 6) is 1.58. The van der Waals surface area contributed by atoms with E-state index in [0.717, 1.165) is 51.3 Å². The molecule has 2 heterocycles. The number of benzene rings is 2. The minimum atomic E-state index is -0.408. The average Bonchev–Trinajstić information content (AvgIpc) is 2.92. The summed E-state index contributed by atoms with van der Waals surface area (Å²) in [6.07, 6.45) is 2.56. The van der Waals surface area contributed by atoms with E-state index in [0.29, 0.717) is 18.9 Å². The minimum Gasteiger partial charge on any atom is -0.493 e. The molecule has 0 saturated carbocycles. The summed E-state index contributed by atoms with van der Waals surface area (Å²) in [6, 6.07) is 19.6. The van der Waals surface area contributed by atoms with E-state index in [9.17, 15) is 9.82 Å². The molecule has 0 bridgehead atoms. The third kappa shape index (κ3) is 8.59. The molecule has 2 atom stereocenters. The van der Waals surface area contributed by atoms with Gasteiger partial charge in [0.2, 0.25) is 5.91 Å². The molecule has 2 aromatic carbocycles. The quantitative estimate of drug-likeness (QED) is 0.403. The first-order chi connectivity index (χ1) is 19.3. The van der Waals surface area contributed by atoms with Gasteiger partial charge < -0.3 is 19.5 Å². The van der Waals surface area contributed by atoms with Gasteiger partial charge in [0.15, 0.2) is 0 Å². The van der Waals surface area contributed by atoms with Crippen molar-refractivity contribution in [2.75, 3.05) is 39.3 Å². The molecule has 1 amide bonds. The average molecular weight is 562 g/mol. The van der Waals surface area contributed by atoms with Gasteiger partial charge in [0.25, 0.3) is 0 Å². The normalized spacial score (nSPS) is 20.6. The summed E-state index contributed by atoms with van der Waals surface area (Å²) in [4.78, 5) is 20.6. The summed E-state index contributed by atoms with van der Waals surface area (Å²) < 4.78 is 6.07. The molecule has 0 spiro atoms. The topological polar surface area (TPSA) is 56.2 Å². The van der Waals surface area contributed by atoms with Crippen molar-refractivity contribution >= 4 is 13.0 Å². The van der Waals surface area contributed by atoms with E-state index in [1.54, 1.807) is 0 Å². The first-order valence-electron chi connectivity index (χ1n) is 15.5. The van der Waals surface area contributed by atoms with Crippen LogP contribution in [0.2, 0.25) is 6.82 Å². The van der Waals surface area contributed by atoms with E-state index >= 15 is 0 Å². The van der Waals surface area contributed by atoms with E-state index in [2.05, 4.69) is 111 Å². The second-order valence-electron chi connectivity index (χ2n) is 14.5. The number of hydrogen-bond acceptors (Lipinski definition) is 5. The fourth-order valence-electron chi connectivity index (χ4n) is 6.27. The molecule has 6 nitrogen and oxygen atoms in total. The maximum atomic E-state index is 13.8. The number of nitrogens with zero attached hydrogens (tertiary/aromatic N) is 3. The van der Waals surface area contributed by atoms with Crippen LogP contribution in [0.15, 0.2) is 54.6 Å². The molecule has 2 saturated heterocycles. The van der Waals surface area contributed by atoms with Crippen molar-refractivity contribution in [2.45, 2.75) is 79.7 Å². The predicted octanol–water partition coefficient (Wildman–Crippen LogP) is 5.97. The SMILES string of the molecule is CB(O)N1CCC(CC(=O)N2CCN(C(c3ccccc3)c3ccc(OCC(C)(C)C)cc3)C[C@@H]2C(C)(C)C)CC1. The van der Waals surface area contributed by atoms with Crippen LogP contribution in [-0.4, -0.2) is 78.0 Å². The number of piperidine rings is 1. The predicted molar refractivity (Wildman–Crippen MR) is 169 cm³/mol. The molecular weight excluding hydrogens is 509 g/mol. The molecule has 1 N–H and O–H groups in total. The highest BCUT2D eigenvalue weighted by atomic mass is 16.5. The fraction of sp³-hybridized carbons (Fsp3) is 0.618. The highest BCUT2D eigenvalue weighted by Gasteiger charge is 2.41. The zero-order valence-electron chi connectivity index (χ0n) is 26.5. The number of rotatable bonds is 8. The summed E-state index contributed by atoms with van der Waals surface area (Å²) in [7, 11) is -0.408. The second kappa shape index (κ2) is 13.3. The van der Waals surface area contributed by atoms with Crippen LogP contribution in [0.1, 0.15) is 78.0 Å². The van der Waals surface area contributed by atoms with E-state index in [1.165, 1.54) is 11.1 Å². The van der Waals surface area contributed by atoms with Crippen LogP contribution >= 0.6 is 0 Å². The lowest BCUT2D eigenvalue weighted by Crippen LogP contribution is -2.60. The van der Waals surface area contributed by atoms with Crippen molar-refractivity contribution in [3.8, 4) is 5.75 Å². The van der Waals surface area contributed by atoms with Crippen LogP contribution in [0.3, 0.4) is 0 Å². The lowest BCUT2D eigenvalue weighted by Gasteiger charge is -2.50. The van der Waals surface area contributed by atoms with Crippen molar-refractivity contribution < 1.29 is 14.6 Å². The van der Waals surface area contributed by atoms with Gasteiger partial charge in [-0.05, 0) is 72.8 Å². The Kier molecular flexibility index (Phi) is 10.3. The third-order valence-corrected chi connectivity index (χ3v) is 8.72. The first kappa shape index (κ1) is 31.6. The van der Waals surface area contributed by atoms with Gasteiger partial charge in [-0.2, -0.15) is 0 Å². The molecule has 2 aromatic rings. The van der Waals surface area contributed by atoms with Gasteiger partial charge in [-0.15, -0.1) is 0 Å². The Bertz CT molecular complexity index is 1100. The number of ether oxygens (including phenoxy) is 1. The monoisotopic (exact) mass is 561 g/mol. The van der Waals surface area contributed by atoms with Gasteiger partial charge in [-0.25, -0.2) is 0 Å². The molecule has 7 heteroatoms. The zero-order valence-corrected chi connectivity index (χ0v) is 26.5. The number of piperazine rings is 1. The third-order valence-electron chi connectivity index (χ3n) is 8.72. The Morgan fingerprint density at radius 1 is 0.927 bits per heavy atom. The Morgan fingerprint density at radius 2 is 1.54 bits per heavy atom. The van der Waals surface area contributed by atoms with Crippen molar-refractivity contribution in [3.63, 3.8) is 0 Å². The standard InChI is InChI=1S/C34H52BN3O3/c1-33(2,3)25-41-29-15-13-28(14-16-29)32(27-11-9-8-10-12-27)36-21-22-38(30(24-36)34(4,5)6)31(39)23-26-17-19-37(20-18-26)35(7)40/h8-16,26,30,32,40H,17-25H2,1-7H3/t30-,32?/m1/s1. The Labute approximate surface area is 249 Å². The molecule has 0 aliphatic carbocycles. The van der Waals surface area contributed by atoms with Crippen molar-refractivity contribution in [3.05, 3.63) is 65.7 Å².